The predicted molar refractivity (Wildman–Crippen MR) is 139 cm³/mol. The van der Waals surface area contributed by atoms with E-state index in [1.807, 2.05) is 76.2 Å². The van der Waals surface area contributed by atoms with Crippen molar-refractivity contribution in [1.29, 1.82) is 0 Å². The zero-order valence-electron chi connectivity index (χ0n) is 20.4. The second-order valence-corrected chi connectivity index (χ2v) is 10.5. The van der Waals surface area contributed by atoms with Crippen LogP contribution in [0.4, 0.5) is 5.69 Å². The van der Waals surface area contributed by atoms with Crippen LogP contribution >= 0.6 is 11.3 Å². The molecule has 178 valence electrons. The van der Waals surface area contributed by atoms with Gasteiger partial charge in [-0.25, -0.2) is 4.98 Å². The highest BCUT2D eigenvalue weighted by molar-refractivity contribution is 7.13. The Kier molecular flexibility index (Phi) is 7.47. The van der Waals surface area contributed by atoms with Gasteiger partial charge in [0.1, 0.15) is 10.9 Å². The normalized spacial score (nSPS) is 15.1. The first-order chi connectivity index (χ1) is 16.3. The molecule has 34 heavy (non-hydrogen) atoms. The van der Waals surface area contributed by atoms with E-state index in [2.05, 4.69) is 10.3 Å². The molecular weight excluding hydrogens is 442 g/mol. The quantitative estimate of drug-likeness (QED) is 0.461. The highest BCUT2D eigenvalue weighted by atomic mass is 32.1. The smallest absolute Gasteiger partial charge is 0.271 e. The Hall–Kier alpha value is -2.99. The van der Waals surface area contributed by atoms with Gasteiger partial charge in [-0.3, -0.25) is 14.5 Å². The summed E-state index contributed by atoms with van der Waals surface area (Å²) in [5.74, 6) is -0.331. The molecule has 1 aromatic heterocycles. The highest BCUT2D eigenvalue weighted by Gasteiger charge is 2.36. The number of nitrogens with one attached hydrogen (secondary N) is 1. The van der Waals surface area contributed by atoms with Gasteiger partial charge in [0.2, 0.25) is 5.91 Å². The molecule has 6 heteroatoms. The van der Waals surface area contributed by atoms with Crippen LogP contribution in [0.15, 0.2) is 48.5 Å². The van der Waals surface area contributed by atoms with Crippen LogP contribution in [-0.2, 0) is 4.79 Å². The van der Waals surface area contributed by atoms with Gasteiger partial charge in [0.15, 0.2) is 0 Å². The predicted octanol–water partition coefficient (Wildman–Crippen LogP) is 6.21. The minimum absolute atomic E-state index is 0.136. The third-order valence-electron chi connectivity index (χ3n) is 6.66. The van der Waals surface area contributed by atoms with Crippen molar-refractivity contribution in [3.63, 3.8) is 0 Å². The molecule has 3 aromatic rings. The summed E-state index contributed by atoms with van der Waals surface area (Å²) >= 11 is 1.38. The van der Waals surface area contributed by atoms with E-state index in [0.29, 0.717) is 16.3 Å². The van der Waals surface area contributed by atoms with Crippen LogP contribution in [-0.4, -0.2) is 22.8 Å². The van der Waals surface area contributed by atoms with Crippen LogP contribution in [0, 0.1) is 27.7 Å². The SMILES string of the molecule is Cc1nc(C)c(C(=O)N(c2ccc(C)c(C)c2)[C@@H](C(=O)NC2CCCCC2)c2ccccc2)s1. The lowest BCUT2D eigenvalue weighted by Gasteiger charge is -2.33. The maximum atomic E-state index is 14.1. The molecule has 1 saturated carbocycles. The van der Waals surface area contributed by atoms with Gasteiger partial charge in [-0.15, -0.1) is 11.3 Å². The monoisotopic (exact) mass is 475 g/mol. The third-order valence-corrected chi connectivity index (χ3v) is 7.72. The van der Waals surface area contributed by atoms with Gasteiger partial charge in [-0.05, 0) is 69.4 Å². The molecule has 0 unspecified atom stereocenters. The van der Waals surface area contributed by atoms with Gasteiger partial charge in [0.25, 0.3) is 5.91 Å². The van der Waals surface area contributed by atoms with Gasteiger partial charge in [0, 0.05) is 11.7 Å². The van der Waals surface area contributed by atoms with Gasteiger partial charge in [0.05, 0.1) is 10.7 Å². The van der Waals surface area contributed by atoms with E-state index >= 15 is 0 Å². The number of carbonyl (C=O) groups is 2. The molecule has 0 bridgehead atoms. The van der Waals surface area contributed by atoms with Crippen LogP contribution in [0.3, 0.4) is 0 Å². The van der Waals surface area contributed by atoms with Crippen LogP contribution < -0.4 is 10.2 Å². The van der Waals surface area contributed by atoms with E-state index in [9.17, 15) is 9.59 Å². The van der Waals surface area contributed by atoms with E-state index < -0.39 is 6.04 Å². The molecule has 0 aliphatic heterocycles. The Morgan fingerprint density at radius 1 is 0.971 bits per heavy atom. The zero-order chi connectivity index (χ0) is 24.2. The summed E-state index contributed by atoms with van der Waals surface area (Å²) in [5, 5.41) is 4.11. The minimum atomic E-state index is -0.778. The summed E-state index contributed by atoms with van der Waals surface area (Å²) in [6, 6.07) is 14.9. The summed E-state index contributed by atoms with van der Waals surface area (Å²) in [6.07, 6.45) is 5.43. The van der Waals surface area contributed by atoms with Crippen molar-refractivity contribution < 1.29 is 9.59 Å². The average Bonchev–Trinajstić information content (AvgIpc) is 3.18. The molecular formula is C28H33N3O2S. The molecule has 2 amide bonds. The number of rotatable bonds is 6. The number of thiazole rings is 1. The first-order valence-corrected chi connectivity index (χ1v) is 12.9. The minimum Gasteiger partial charge on any atom is -0.351 e. The van der Waals surface area contributed by atoms with Gasteiger partial charge >= 0.3 is 0 Å². The van der Waals surface area contributed by atoms with Crippen molar-refractivity contribution in [2.24, 2.45) is 0 Å². The number of anilines is 1. The molecule has 1 atom stereocenters. The Morgan fingerprint density at radius 3 is 2.29 bits per heavy atom. The number of hydrogen-bond acceptors (Lipinski definition) is 4. The van der Waals surface area contributed by atoms with Crippen LogP contribution in [0.5, 0.6) is 0 Å². The average molecular weight is 476 g/mol. The fourth-order valence-electron chi connectivity index (χ4n) is 4.68. The van der Waals surface area contributed by atoms with Gasteiger partial charge < -0.3 is 5.32 Å². The van der Waals surface area contributed by atoms with E-state index in [-0.39, 0.29) is 17.9 Å². The number of hydrogen-bond donors (Lipinski definition) is 1. The summed E-state index contributed by atoms with van der Waals surface area (Å²) in [5.41, 5.74) is 4.42. The molecule has 0 spiro atoms. The molecule has 1 aliphatic carbocycles. The van der Waals surface area contributed by atoms with Crippen molar-refractivity contribution in [2.75, 3.05) is 4.90 Å². The first-order valence-electron chi connectivity index (χ1n) is 12.1. The Bertz CT molecular complexity index is 1170. The van der Waals surface area contributed by atoms with Gasteiger partial charge in [-0.2, -0.15) is 0 Å². The molecule has 5 nitrogen and oxygen atoms in total. The summed E-state index contributed by atoms with van der Waals surface area (Å²) in [6.45, 7) is 7.84. The topological polar surface area (TPSA) is 62.3 Å². The number of aromatic nitrogens is 1. The molecule has 0 radical (unpaired) electrons. The van der Waals surface area contributed by atoms with Crippen LogP contribution in [0.2, 0.25) is 0 Å². The molecule has 1 aliphatic rings. The molecule has 2 aromatic carbocycles. The second-order valence-electron chi connectivity index (χ2n) is 9.25. The third kappa shape index (κ3) is 5.22. The number of benzene rings is 2. The molecule has 0 saturated heterocycles. The van der Waals surface area contributed by atoms with Gasteiger partial charge in [-0.1, -0.05) is 55.7 Å². The number of amides is 2. The largest absolute Gasteiger partial charge is 0.351 e. The van der Waals surface area contributed by atoms with E-state index in [1.165, 1.54) is 17.8 Å². The van der Waals surface area contributed by atoms with Crippen LogP contribution in [0.25, 0.3) is 0 Å². The molecule has 1 N–H and O–H groups in total. The maximum absolute atomic E-state index is 14.1. The van der Waals surface area contributed by atoms with Crippen molar-refractivity contribution in [3.8, 4) is 0 Å². The molecule has 1 fully saturated rings. The molecule has 4 rings (SSSR count). The van der Waals surface area contributed by atoms with Crippen molar-refractivity contribution >= 4 is 28.8 Å². The zero-order valence-corrected chi connectivity index (χ0v) is 21.2. The first kappa shape index (κ1) is 24.1. The van der Waals surface area contributed by atoms with E-state index in [1.54, 1.807) is 4.90 Å². The van der Waals surface area contributed by atoms with Crippen LogP contribution in [0.1, 0.15) is 75.2 Å². The van der Waals surface area contributed by atoms with Crippen molar-refractivity contribution in [2.45, 2.75) is 71.9 Å². The fourth-order valence-corrected chi connectivity index (χ4v) is 5.54. The fraction of sp³-hybridized carbons (Fsp3) is 0.393. The highest BCUT2D eigenvalue weighted by Crippen LogP contribution is 2.33. The summed E-state index contributed by atoms with van der Waals surface area (Å²) < 4.78 is 0. The standard InChI is InChI=1S/C28H33N3O2S/c1-18-15-16-24(17-19(18)2)31(28(33)26-20(3)29-21(4)34-26)25(22-11-7-5-8-12-22)27(32)30-23-13-9-6-10-14-23/h5,7-8,11-12,15-17,23,25H,6,9-10,13-14H2,1-4H3,(H,30,32)/t25-/m1/s1. The van der Waals surface area contributed by atoms with E-state index in [4.69, 9.17) is 0 Å². The lowest BCUT2D eigenvalue weighted by atomic mass is 9.94. The number of carbonyl (C=O) groups excluding carboxylic acids is 2. The lowest BCUT2D eigenvalue weighted by Crippen LogP contribution is -2.47. The van der Waals surface area contributed by atoms with E-state index in [0.717, 1.165) is 47.4 Å². The maximum Gasteiger partial charge on any atom is 0.271 e. The Labute approximate surface area is 206 Å². The lowest BCUT2D eigenvalue weighted by molar-refractivity contribution is -0.123. The summed E-state index contributed by atoms with van der Waals surface area (Å²) in [7, 11) is 0. The Balaban J connectivity index is 1.82. The molecule has 1 heterocycles. The Morgan fingerprint density at radius 2 is 1.68 bits per heavy atom. The second kappa shape index (κ2) is 10.5. The van der Waals surface area contributed by atoms with Crippen molar-refractivity contribution in [3.05, 3.63) is 80.8 Å². The summed E-state index contributed by atoms with van der Waals surface area (Å²) in [4.78, 5) is 34.7. The van der Waals surface area contributed by atoms with Crippen molar-refractivity contribution in [1.82, 2.24) is 10.3 Å². The number of aryl methyl sites for hydroxylation is 4. The number of nitrogens with zero attached hydrogens (tertiary/aromatic N) is 2.